The van der Waals surface area contributed by atoms with E-state index in [0.717, 1.165) is 6.20 Å². The Morgan fingerprint density at radius 2 is 2.10 bits per heavy atom. The lowest BCUT2D eigenvalue weighted by Gasteiger charge is -2.09. The molecule has 0 unspecified atom stereocenters. The van der Waals surface area contributed by atoms with Crippen LogP contribution in [0.3, 0.4) is 0 Å². The average Bonchev–Trinajstić information content (AvgIpc) is 3.17. The van der Waals surface area contributed by atoms with Gasteiger partial charge in [0.25, 0.3) is 0 Å². The van der Waals surface area contributed by atoms with Crippen LogP contribution >= 0.6 is 0 Å². The van der Waals surface area contributed by atoms with Gasteiger partial charge in [-0.25, -0.2) is 4.98 Å². The number of halogens is 3. The number of alkyl halides is 3. The van der Waals surface area contributed by atoms with Gasteiger partial charge in [0.2, 0.25) is 11.8 Å². The molecule has 2 atom stereocenters. The van der Waals surface area contributed by atoms with Crippen molar-refractivity contribution in [1.82, 2.24) is 4.98 Å². The van der Waals surface area contributed by atoms with Gasteiger partial charge in [-0.15, -0.1) is 0 Å². The van der Waals surface area contributed by atoms with Crippen LogP contribution in [0.4, 0.5) is 18.9 Å². The largest absolute Gasteiger partial charge is 0.481 e. The Morgan fingerprint density at radius 3 is 2.57 bits per heavy atom. The van der Waals surface area contributed by atoms with Crippen molar-refractivity contribution >= 4 is 17.6 Å². The first-order chi connectivity index (χ1) is 9.76. The third kappa shape index (κ3) is 4.33. The molecule has 0 aliphatic heterocycles. The SMILES string of the molecule is O=C(O)[C@H]1C[C@H]1C(=O)Nc1ccc(OCC(F)(F)F)nc1. The van der Waals surface area contributed by atoms with E-state index in [1.165, 1.54) is 12.1 Å². The molecular weight excluding hydrogens is 293 g/mol. The van der Waals surface area contributed by atoms with E-state index in [9.17, 15) is 22.8 Å². The number of carbonyl (C=O) groups excluding carboxylic acids is 1. The van der Waals surface area contributed by atoms with Gasteiger partial charge in [-0.3, -0.25) is 9.59 Å². The fraction of sp³-hybridized carbons (Fsp3) is 0.417. The monoisotopic (exact) mass is 304 g/mol. The minimum Gasteiger partial charge on any atom is -0.481 e. The molecule has 6 nitrogen and oxygen atoms in total. The van der Waals surface area contributed by atoms with Crippen LogP contribution in [-0.2, 0) is 9.59 Å². The van der Waals surface area contributed by atoms with Gasteiger partial charge in [0.15, 0.2) is 6.61 Å². The molecule has 1 fully saturated rings. The zero-order valence-electron chi connectivity index (χ0n) is 10.6. The minimum absolute atomic E-state index is 0.222. The highest BCUT2D eigenvalue weighted by Crippen LogP contribution is 2.39. The molecule has 9 heteroatoms. The number of nitrogens with zero attached hydrogens (tertiary/aromatic N) is 1. The number of carbonyl (C=O) groups is 2. The van der Waals surface area contributed by atoms with Gasteiger partial charge in [0.1, 0.15) is 0 Å². The van der Waals surface area contributed by atoms with Crippen molar-refractivity contribution in [3.05, 3.63) is 18.3 Å². The summed E-state index contributed by atoms with van der Waals surface area (Å²) in [6.07, 6.45) is -3.03. The van der Waals surface area contributed by atoms with Crippen LogP contribution in [0.1, 0.15) is 6.42 Å². The quantitative estimate of drug-likeness (QED) is 0.864. The molecule has 1 amide bonds. The third-order valence-corrected chi connectivity index (χ3v) is 2.83. The number of aromatic nitrogens is 1. The first-order valence-electron chi connectivity index (χ1n) is 5.95. The van der Waals surface area contributed by atoms with Crippen LogP contribution < -0.4 is 10.1 Å². The second-order valence-electron chi connectivity index (χ2n) is 4.57. The molecule has 114 valence electrons. The number of ether oxygens (including phenoxy) is 1. The zero-order valence-corrected chi connectivity index (χ0v) is 10.6. The van der Waals surface area contributed by atoms with Gasteiger partial charge in [-0.1, -0.05) is 0 Å². The van der Waals surface area contributed by atoms with E-state index in [4.69, 9.17) is 5.11 Å². The highest BCUT2D eigenvalue weighted by molar-refractivity contribution is 5.98. The first kappa shape index (κ1) is 15.1. The second-order valence-corrected chi connectivity index (χ2v) is 4.57. The number of hydrogen-bond donors (Lipinski definition) is 2. The fourth-order valence-electron chi connectivity index (χ4n) is 1.69. The summed E-state index contributed by atoms with van der Waals surface area (Å²) in [6, 6.07) is 2.51. The number of carboxylic acids is 1. The smallest absolute Gasteiger partial charge is 0.422 e. The normalized spacial score (nSPS) is 20.7. The van der Waals surface area contributed by atoms with Crippen LogP contribution in [0, 0.1) is 11.8 Å². The molecular formula is C12H11F3N2O4. The van der Waals surface area contributed by atoms with Crippen molar-refractivity contribution in [3.8, 4) is 5.88 Å². The number of amides is 1. The minimum atomic E-state index is -4.45. The van der Waals surface area contributed by atoms with E-state index in [-0.39, 0.29) is 18.0 Å². The summed E-state index contributed by atoms with van der Waals surface area (Å²) < 4.78 is 40.2. The van der Waals surface area contributed by atoms with Gasteiger partial charge in [0, 0.05) is 6.07 Å². The van der Waals surface area contributed by atoms with Gasteiger partial charge >= 0.3 is 12.1 Å². The fourth-order valence-corrected chi connectivity index (χ4v) is 1.69. The highest BCUT2D eigenvalue weighted by Gasteiger charge is 2.48. The van der Waals surface area contributed by atoms with E-state index >= 15 is 0 Å². The Bertz CT molecular complexity index is 544. The summed E-state index contributed by atoms with van der Waals surface area (Å²) in [5.74, 6) is -2.95. The summed E-state index contributed by atoms with van der Waals surface area (Å²) in [5.41, 5.74) is 0.260. The van der Waals surface area contributed by atoms with E-state index in [2.05, 4.69) is 15.0 Å². The Kier molecular flexibility index (Phi) is 4.01. The summed E-state index contributed by atoms with van der Waals surface area (Å²) in [4.78, 5) is 25.9. The number of aliphatic carboxylic acids is 1. The van der Waals surface area contributed by atoms with E-state index in [1.807, 2.05) is 0 Å². The number of carboxylic acid groups (broad SMARTS) is 1. The van der Waals surface area contributed by atoms with Gasteiger partial charge < -0.3 is 15.2 Å². The molecule has 1 aliphatic rings. The van der Waals surface area contributed by atoms with Crippen molar-refractivity contribution < 1.29 is 32.6 Å². The lowest BCUT2D eigenvalue weighted by Crippen LogP contribution is -2.20. The number of nitrogens with one attached hydrogen (secondary N) is 1. The molecule has 1 aromatic rings. The lowest BCUT2D eigenvalue weighted by atomic mass is 10.3. The predicted octanol–water partition coefficient (Wildman–Crippen LogP) is 1.68. The Hall–Kier alpha value is -2.32. The van der Waals surface area contributed by atoms with Crippen LogP contribution in [0.25, 0.3) is 0 Å². The lowest BCUT2D eigenvalue weighted by molar-refractivity contribution is -0.154. The van der Waals surface area contributed by atoms with E-state index in [1.54, 1.807) is 0 Å². The highest BCUT2D eigenvalue weighted by atomic mass is 19.4. The van der Waals surface area contributed by atoms with Crippen LogP contribution in [-0.4, -0.2) is 34.8 Å². The molecule has 1 aromatic heterocycles. The standard InChI is InChI=1S/C12H11F3N2O4/c13-12(14,15)5-21-9-2-1-6(4-16-9)17-10(18)7-3-8(7)11(19)20/h1-2,4,7-8H,3,5H2,(H,17,18)(H,19,20)/t7-,8+/m1/s1. The molecule has 2 rings (SSSR count). The molecule has 0 spiro atoms. The van der Waals surface area contributed by atoms with Crippen molar-refractivity contribution in [2.75, 3.05) is 11.9 Å². The maximum atomic E-state index is 11.9. The second kappa shape index (κ2) is 5.58. The topological polar surface area (TPSA) is 88.5 Å². The number of anilines is 1. The van der Waals surface area contributed by atoms with Crippen LogP contribution in [0.5, 0.6) is 5.88 Å². The average molecular weight is 304 g/mol. The zero-order chi connectivity index (χ0) is 15.6. The third-order valence-electron chi connectivity index (χ3n) is 2.83. The molecule has 0 aromatic carbocycles. The predicted molar refractivity (Wildman–Crippen MR) is 63.6 cm³/mol. The number of rotatable bonds is 5. The summed E-state index contributed by atoms with van der Waals surface area (Å²) in [5, 5.41) is 11.1. The summed E-state index contributed by atoms with van der Waals surface area (Å²) in [7, 11) is 0. The summed E-state index contributed by atoms with van der Waals surface area (Å²) >= 11 is 0. The summed E-state index contributed by atoms with van der Waals surface area (Å²) in [6.45, 7) is -1.45. The van der Waals surface area contributed by atoms with Crippen molar-refractivity contribution in [3.63, 3.8) is 0 Å². The Labute approximate surface area is 116 Å². The van der Waals surface area contributed by atoms with Gasteiger partial charge in [-0.2, -0.15) is 13.2 Å². The van der Waals surface area contributed by atoms with Crippen molar-refractivity contribution in [2.45, 2.75) is 12.6 Å². The Morgan fingerprint density at radius 1 is 1.38 bits per heavy atom. The van der Waals surface area contributed by atoms with Crippen molar-refractivity contribution in [2.24, 2.45) is 11.8 Å². The van der Waals surface area contributed by atoms with Crippen LogP contribution in [0.2, 0.25) is 0 Å². The maximum Gasteiger partial charge on any atom is 0.422 e. The number of pyridine rings is 1. The molecule has 0 saturated heterocycles. The first-order valence-corrected chi connectivity index (χ1v) is 5.95. The van der Waals surface area contributed by atoms with E-state index < -0.39 is 36.5 Å². The molecule has 0 bridgehead atoms. The maximum absolute atomic E-state index is 11.9. The van der Waals surface area contributed by atoms with Crippen molar-refractivity contribution in [1.29, 1.82) is 0 Å². The van der Waals surface area contributed by atoms with Crippen LogP contribution in [0.15, 0.2) is 18.3 Å². The number of hydrogen-bond acceptors (Lipinski definition) is 4. The molecule has 1 aliphatic carbocycles. The molecule has 2 N–H and O–H groups in total. The molecule has 21 heavy (non-hydrogen) atoms. The van der Waals surface area contributed by atoms with Gasteiger partial charge in [-0.05, 0) is 12.5 Å². The Balaban J connectivity index is 1.85. The molecule has 1 heterocycles. The molecule has 0 radical (unpaired) electrons. The van der Waals surface area contributed by atoms with Gasteiger partial charge in [0.05, 0.1) is 23.7 Å². The molecule has 1 saturated carbocycles. The van der Waals surface area contributed by atoms with E-state index in [0.29, 0.717) is 0 Å².